The minimum absolute atomic E-state index is 0.0586. The number of amides is 1. The number of hydrogen-bond donors (Lipinski definition) is 1. The standard InChI is InChI=1S/C20H19FN4O3/c1-20(2,3)17-12-18(24(23-17)14-10-8-13(21)9-11-14)22-19(26)15-6-4-5-7-16(15)25(27)28/h4-12H,1-3H3,(H,22,26). The molecule has 7 nitrogen and oxygen atoms in total. The zero-order valence-corrected chi connectivity index (χ0v) is 15.6. The van der Waals surface area contributed by atoms with E-state index in [4.69, 9.17) is 0 Å². The Bertz CT molecular complexity index is 1040. The first-order valence-electron chi connectivity index (χ1n) is 8.58. The summed E-state index contributed by atoms with van der Waals surface area (Å²) in [5.74, 6) is -0.687. The fourth-order valence-electron chi connectivity index (χ4n) is 2.62. The summed E-state index contributed by atoms with van der Waals surface area (Å²) in [4.78, 5) is 23.3. The van der Waals surface area contributed by atoms with Crippen LogP contribution in [-0.4, -0.2) is 20.6 Å². The molecule has 0 aliphatic heterocycles. The fourth-order valence-corrected chi connectivity index (χ4v) is 2.62. The van der Waals surface area contributed by atoms with Gasteiger partial charge in [-0.2, -0.15) is 5.10 Å². The molecule has 0 aliphatic carbocycles. The number of nitro groups is 1. The maximum atomic E-state index is 13.3. The second kappa shape index (κ2) is 7.22. The Morgan fingerprint density at radius 2 is 1.79 bits per heavy atom. The van der Waals surface area contributed by atoms with E-state index >= 15 is 0 Å². The van der Waals surface area contributed by atoms with Crippen molar-refractivity contribution in [2.75, 3.05) is 5.32 Å². The number of carbonyl (C=O) groups excluding carboxylic acids is 1. The number of nitrogens with one attached hydrogen (secondary N) is 1. The molecule has 0 fully saturated rings. The number of hydrogen-bond acceptors (Lipinski definition) is 4. The Balaban J connectivity index is 2.04. The highest BCUT2D eigenvalue weighted by molar-refractivity contribution is 6.06. The number of para-hydroxylation sites is 1. The van der Waals surface area contributed by atoms with Gasteiger partial charge in [-0.3, -0.25) is 14.9 Å². The number of halogens is 1. The van der Waals surface area contributed by atoms with E-state index in [-0.39, 0.29) is 16.7 Å². The van der Waals surface area contributed by atoms with Crippen molar-refractivity contribution in [3.63, 3.8) is 0 Å². The molecule has 144 valence electrons. The van der Waals surface area contributed by atoms with Gasteiger partial charge < -0.3 is 5.32 Å². The Morgan fingerprint density at radius 3 is 2.39 bits per heavy atom. The molecular weight excluding hydrogens is 363 g/mol. The number of rotatable bonds is 4. The lowest BCUT2D eigenvalue weighted by atomic mass is 9.92. The van der Waals surface area contributed by atoms with Gasteiger partial charge >= 0.3 is 0 Å². The fraction of sp³-hybridized carbons (Fsp3) is 0.200. The van der Waals surface area contributed by atoms with Crippen molar-refractivity contribution < 1.29 is 14.1 Å². The zero-order chi connectivity index (χ0) is 20.5. The van der Waals surface area contributed by atoms with Crippen LogP contribution in [0.1, 0.15) is 36.8 Å². The largest absolute Gasteiger partial charge is 0.306 e. The van der Waals surface area contributed by atoms with Gasteiger partial charge in [0.15, 0.2) is 0 Å². The molecule has 8 heteroatoms. The smallest absolute Gasteiger partial charge is 0.282 e. The van der Waals surface area contributed by atoms with Gasteiger partial charge in [0.05, 0.1) is 16.3 Å². The van der Waals surface area contributed by atoms with Crippen molar-refractivity contribution >= 4 is 17.4 Å². The first-order valence-corrected chi connectivity index (χ1v) is 8.58. The Kier molecular flexibility index (Phi) is 4.96. The average Bonchev–Trinajstić information content (AvgIpc) is 3.06. The van der Waals surface area contributed by atoms with E-state index in [0.29, 0.717) is 17.2 Å². The molecule has 3 aromatic rings. The molecule has 0 aliphatic rings. The van der Waals surface area contributed by atoms with Crippen molar-refractivity contribution in [3.8, 4) is 5.69 Å². The third kappa shape index (κ3) is 3.90. The topological polar surface area (TPSA) is 90.1 Å². The van der Waals surface area contributed by atoms with Crippen LogP contribution in [0.3, 0.4) is 0 Å². The van der Waals surface area contributed by atoms with Crippen LogP contribution >= 0.6 is 0 Å². The summed E-state index contributed by atoms with van der Waals surface area (Å²) in [6.45, 7) is 5.91. The third-order valence-corrected chi connectivity index (χ3v) is 4.14. The molecular formula is C20H19FN4O3. The Morgan fingerprint density at radius 1 is 1.14 bits per heavy atom. The first-order chi connectivity index (χ1) is 13.2. The Hall–Kier alpha value is -3.55. The lowest BCUT2D eigenvalue weighted by Crippen LogP contribution is -2.16. The molecule has 3 rings (SSSR count). The monoisotopic (exact) mass is 382 g/mol. The van der Waals surface area contributed by atoms with Crippen LogP contribution < -0.4 is 5.32 Å². The van der Waals surface area contributed by atoms with E-state index in [2.05, 4.69) is 10.4 Å². The van der Waals surface area contributed by atoms with Crippen LogP contribution in [0.25, 0.3) is 5.69 Å². The van der Waals surface area contributed by atoms with Gasteiger partial charge in [0.1, 0.15) is 17.2 Å². The summed E-state index contributed by atoms with van der Waals surface area (Å²) in [7, 11) is 0. The molecule has 0 unspecified atom stereocenters. The van der Waals surface area contributed by atoms with Crippen LogP contribution in [0.15, 0.2) is 54.6 Å². The minimum Gasteiger partial charge on any atom is -0.306 e. The van der Waals surface area contributed by atoms with Crippen LogP contribution in [-0.2, 0) is 5.41 Å². The normalized spacial score (nSPS) is 11.3. The van der Waals surface area contributed by atoms with E-state index < -0.39 is 16.6 Å². The summed E-state index contributed by atoms with van der Waals surface area (Å²) in [6.07, 6.45) is 0. The zero-order valence-electron chi connectivity index (χ0n) is 15.6. The summed E-state index contributed by atoms with van der Waals surface area (Å²) in [6, 6.07) is 13.1. The van der Waals surface area contributed by atoms with Gasteiger partial charge in [0.25, 0.3) is 11.6 Å². The minimum atomic E-state index is -0.629. The van der Waals surface area contributed by atoms with Gasteiger partial charge in [-0.15, -0.1) is 0 Å². The molecule has 0 saturated carbocycles. The molecule has 0 saturated heterocycles. The van der Waals surface area contributed by atoms with E-state index in [1.54, 1.807) is 12.1 Å². The molecule has 1 amide bonds. The van der Waals surface area contributed by atoms with Crippen LogP contribution in [0.2, 0.25) is 0 Å². The number of aromatic nitrogens is 2. The number of nitro benzene ring substituents is 1. The lowest BCUT2D eigenvalue weighted by Gasteiger charge is -2.14. The molecule has 1 heterocycles. The van der Waals surface area contributed by atoms with E-state index in [0.717, 1.165) is 0 Å². The predicted molar refractivity (Wildman–Crippen MR) is 103 cm³/mol. The van der Waals surface area contributed by atoms with Crippen molar-refractivity contribution in [2.45, 2.75) is 26.2 Å². The van der Waals surface area contributed by atoms with Crippen molar-refractivity contribution in [1.82, 2.24) is 9.78 Å². The SMILES string of the molecule is CC(C)(C)c1cc(NC(=O)c2ccccc2[N+](=O)[O-])n(-c2ccc(F)cc2)n1. The summed E-state index contributed by atoms with van der Waals surface area (Å²) in [5, 5.41) is 18.4. The highest BCUT2D eigenvalue weighted by atomic mass is 19.1. The lowest BCUT2D eigenvalue weighted by molar-refractivity contribution is -0.385. The van der Waals surface area contributed by atoms with Crippen molar-refractivity contribution in [3.05, 3.63) is 81.8 Å². The van der Waals surface area contributed by atoms with E-state index in [1.807, 2.05) is 20.8 Å². The number of anilines is 1. The highest BCUT2D eigenvalue weighted by Crippen LogP contribution is 2.27. The second-order valence-electron chi connectivity index (χ2n) is 7.28. The molecule has 1 aromatic heterocycles. The van der Waals surface area contributed by atoms with Crippen molar-refractivity contribution in [2.24, 2.45) is 0 Å². The number of benzene rings is 2. The second-order valence-corrected chi connectivity index (χ2v) is 7.28. The first kappa shape index (κ1) is 19.2. The van der Waals surface area contributed by atoms with Crippen LogP contribution in [0, 0.1) is 15.9 Å². The molecule has 0 atom stereocenters. The molecule has 0 bridgehead atoms. The summed E-state index contributed by atoms with van der Waals surface area (Å²) < 4.78 is 14.8. The Labute approximate surface area is 161 Å². The van der Waals surface area contributed by atoms with Crippen LogP contribution in [0.4, 0.5) is 15.9 Å². The summed E-state index contributed by atoms with van der Waals surface area (Å²) >= 11 is 0. The molecule has 2 aromatic carbocycles. The number of nitrogens with zero attached hydrogens (tertiary/aromatic N) is 3. The van der Waals surface area contributed by atoms with Gasteiger partial charge in [0.2, 0.25) is 0 Å². The van der Waals surface area contributed by atoms with Gasteiger partial charge in [-0.25, -0.2) is 9.07 Å². The maximum absolute atomic E-state index is 13.3. The van der Waals surface area contributed by atoms with Gasteiger partial charge in [-0.05, 0) is 30.3 Å². The molecule has 1 N–H and O–H groups in total. The predicted octanol–water partition coefficient (Wildman–Crippen LogP) is 4.47. The molecule has 0 radical (unpaired) electrons. The maximum Gasteiger partial charge on any atom is 0.282 e. The average molecular weight is 382 g/mol. The third-order valence-electron chi connectivity index (χ3n) is 4.14. The summed E-state index contributed by atoms with van der Waals surface area (Å²) in [5.41, 5.74) is 0.605. The van der Waals surface area contributed by atoms with Gasteiger partial charge in [-0.1, -0.05) is 32.9 Å². The van der Waals surface area contributed by atoms with Gasteiger partial charge in [0, 0.05) is 17.5 Å². The molecule has 28 heavy (non-hydrogen) atoms. The van der Waals surface area contributed by atoms with E-state index in [1.165, 1.54) is 47.1 Å². The van der Waals surface area contributed by atoms with Crippen LogP contribution in [0.5, 0.6) is 0 Å². The number of carbonyl (C=O) groups is 1. The van der Waals surface area contributed by atoms with Crippen molar-refractivity contribution in [1.29, 1.82) is 0 Å². The quantitative estimate of drug-likeness (QED) is 0.532. The van der Waals surface area contributed by atoms with E-state index in [9.17, 15) is 19.3 Å². The molecule has 0 spiro atoms. The highest BCUT2D eigenvalue weighted by Gasteiger charge is 2.24.